The second-order valence-electron chi connectivity index (χ2n) is 26.7. The van der Waals surface area contributed by atoms with E-state index in [1.54, 1.807) is 0 Å². The van der Waals surface area contributed by atoms with Gasteiger partial charge in [-0.05, 0) is 49.4 Å². The lowest BCUT2D eigenvalue weighted by molar-refractivity contribution is -0.161. The van der Waals surface area contributed by atoms with E-state index in [-0.39, 0.29) is 25.7 Å². The van der Waals surface area contributed by atoms with Gasteiger partial charge in [0.15, 0.2) is 12.2 Å². The highest BCUT2D eigenvalue weighted by atomic mass is 31.2. The van der Waals surface area contributed by atoms with Crippen molar-refractivity contribution in [1.29, 1.82) is 0 Å². The summed E-state index contributed by atoms with van der Waals surface area (Å²) in [5, 5.41) is 10.6. The van der Waals surface area contributed by atoms with E-state index in [0.29, 0.717) is 31.6 Å². The number of phosphoric ester groups is 2. The van der Waals surface area contributed by atoms with Crippen LogP contribution < -0.4 is 0 Å². The third-order valence-corrected chi connectivity index (χ3v) is 18.7. The third-order valence-electron chi connectivity index (χ3n) is 16.8. The molecular weight excluding hydrogens is 1170 g/mol. The molecule has 0 spiro atoms. The predicted octanol–water partition coefficient (Wildman–Crippen LogP) is 19.7. The zero-order chi connectivity index (χ0) is 66.1. The first-order valence-corrected chi connectivity index (χ1v) is 39.3. The molecule has 7 atom stereocenters. The van der Waals surface area contributed by atoms with E-state index in [0.717, 1.165) is 114 Å². The second kappa shape index (κ2) is 59.8. The van der Waals surface area contributed by atoms with Gasteiger partial charge in [0.25, 0.3) is 0 Å². The lowest BCUT2D eigenvalue weighted by Crippen LogP contribution is -2.30. The fraction of sp³-hybridized carbons (Fsp3) is 0.943. The first kappa shape index (κ1) is 87.1. The van der Waals surface area contributed by atoms with Crippen LogP contribution >= 0.6 is 15.6 Å². The number of phosphoric acid groups is 2. The molecule has 17 nitrogen and oxygen atoms in total. The summed E-state index contributed by atoms with van der Waals surface area (Å²) in [5.74, 6) is 0.897. The van der Waals surface area contributed by atoms with Crippen LogP contribution in [0.4, 0.5) is 0 Å². The van der Waals surface area contributed by atoms with E-state index < -0.39 is 97.5 Å². The predicted molar refractivity (Wildman–Crippen MR) is 358 cm³/mol. The summed E-state index contributed by atoms with van der Waals surface area (Å²) in [6, 6.07) is 0. The maximum absolute atomic E-state index is 13.0. The maximum Gasteiger partial charge on any atom is 0.472 e. The number of hydrogen-bond donors (Lipinski definition) is 3. The Kier molecular flexibility index (Phi) is 58.5. The number of hydrogen-bond acceptors (Lipinski definition) is 15. The minimum Gasteiger partial charge on any atom is -0.462 e. The number of rotatable bonds is 67. The molecule has 3 N–H and O–H groups in total. The number of carbonyl (C=O) groups is 4. The summed E-state index contributed by atoms with van der Waals surface area (Å²) in [6.45, 7) is 14.1. The first-order chi connectivity index (χ1) is 42.7. The molecule has 0 rings (SSSR count). The Bertz CT molecular complexity index is 1770. The van der Waals surface area contributed by atoms with Gasteiger partial charge in [0.1, 0.15) is 19.3 Å². The van der Waals surface area contributed by atoms with E-state index in [9.17, 15) is 43.2 Å². The summed E-state index contributed by atoms with van der Waals surface area (Å²) in [6.07, 6.45) is 41.7. The van der Waals surface area contributed by atoms with Crippen molar-refractivity contribution in [2.24, 2.45) is 23.7 Å². The van der Waals surface area contributed by atoms with Crippen LogP contribution in [0.25, 0.3) is 0 Å². The average Bonchev–Trinajstić information content (AvgIpc) is 3.71. The minimum absolute atomic E-state index is 0.104. The number of unbranched alkanes of at least 4 members (excludes halogenated alkanes) is 31. The maximum atomic E-state index is 13.0. The van der Waals surface area contributed by atoms with Crippen molar-refractivity contribution in [2.75, 3.05) is 39.6 Å². The van der Waals surface area contributed by atoms with Gasteiger partial charge < -0.3 is 33.8 Å². The largest absolute Gasteiger partial charge is 0.472 e. The molecule has 19 heteroatoms. The summed E-state index contributed by atoms with van der Waals surface area (Å²) in [7, 11) is -9.90. The Morgan fingerprint density at radius 3 is 0.798 bits per heavy atom. The topological polar surface area (TPSA) is 237 Å². The SMILES string of the molecule is CCC(C)CCCCCCCCCCCCC(=O)OC[C@H](COP(=O)(O)OC[C@@H](O)COP(=O)(O)OC[C@@H](COC(=O)CCCCCCCCC(C)C)OC(=O)CCCCCCCCCCCCC(C)CC)OC(=O)CCCCCCCCCCCC(C)C. The number of aliphatic hydroxyl groups is 1. The standard InChI is InChI=1S/C70H136O17P2/c1-9-62(7)48-40-32-23-17-11-13-19-25-34-42-50-67(72)80-56-65(86-70(75)53-45-37-27-21-15-16-22-30-38-46-60(3)4)58-84-88(76,77)82-54-64(71)55-83-89(78,79)85-59-66(57-81-68(73)51-43-35-29-28-31-39-47-61(5)6)87-69(74)52-44-36-26-20-14-12-18-24-33-41-49-63(8)10-2/h60-66,71H,9-59H2,1-8H3,(H,76,77)(H,78,79)/t62?,63?,64-,65-,66-/m1/s1. The lowest BCUT2D eigenvalue weighted by atomic mass is 9.99. The van der Waals surface area contributed by atoms with Crippen LogP contribution in [0.2, 0.25) is 0 Å². The normalized spacial score (nSPS) is 14.9. The third kappa shape index (κ3) is 62.0. The van der Waals surface area contributed by atoms with Gasteiger partial charge in [0.05, 0.1) is 26.4 Å². The van der Waals surface area contributed by atoms with E-state index >= 15 is 0 Å². The Morgan fingerprint density at radius 2 is 0.539 bits per heavy atom. The average molecular weight is 1310 g/mol. The molecule has 528 valence electrons. The number of esters is 4. The van der Waals surface area contributed by atoms with E-state index in [1.165, 1.54) is 141 Å². The zero-order valence-electron chi connectivity index (χ0n) is 58.1. The van der Waals surface area contributed by atoms with Gasteiger partial charge in [-0.15, -0.1) is 0 Å². The van der Waals surface area contributed by atoms with E-state index in [4.69, 9.17) is 37.0 Å². The summed E-state index contributed by atoms with van der Waals surface area (Å²) < 4.78 is 68.3. The van der Waals surface area contributed by atoms with Crippen molar-refractivity contribution in [2.45, 2.75) is 363 Å². The van der Waals surface area contributed by atoms with Crippen molar-refractivity contribution >= 4 is 39.5 Å². The summed E-state index contributed by atoms with van der Waals surface area (Å²) in [5.41, 5.74) is 0. The van der Waals surface area contributed by atoms with Crippen LogP contribution in [0.3, 0.4) is 0 Å². The Morgan fingerprint density at radius 1 is 0.315 bits per heavy atom. The highest BCUT2D eigenvalue weighted by molar-refractivity contribution is 7.47. The van der Waals surface area contributed by atoms with Crippen LogP contribution in [0, 0.1) is 23.7 Å². The van der Waals surface area contributed by atoms with Crippen molar-refractivity contribution in [3.63, 3.8) is 0 Å². The summed E-state index contributed by atoms with van der Waals surface area (Å²) in [4.78, 5) is 72.5. The van der Waals surface area contributed by atoms with Gasteiger partial charge in [-0.1, -0.05) is 293 Å². The Hall–Kier alpha value is -1.94. The van der Waals surface area contributed by atoms with Gasteiger partial charge in [0, 0.05) is 25.7 Å². The fourth-order valence-corrected chi connectivity index (χ4v) is 12.0. The molecule has 0 radical (unpaired) electrons. The first-order valence-electron chi connectivity index (χ1n) is 36.3. The molecule has 0 bridgehead atoms. The molecule has 0 saturated heterocycles. The molecule has 0 aromatic rings. The van der Waals surface area contributed by atoms with Crippen molar-refractivity contribution < 1.29 is 80.2 Å². The molecule has 0 saturated carbocycles. The Balaban J connectivity index is 5.25. The van der Waals surface area contributed by atoms with Crippen LogP contribution in [0.1, 0.15) is 344 Å². The van der Waals surface area contributed by atoms with Crippen molar-refractivity contribution in [3.8, 4) is 0 Å². The summed E-state index contributed by atoms with van der Waals surface area (Å²) >= 11 is 0. The van der Waals surface area contributed by atoms with Crippen molar-refractivity contribution in [1.82, 2.24) is 0 Å². The molecule has 0 amide bonds. The zero-order valence-corrected chi connectivity index (χ0v) is 59.8. The van der Waals surface area contributed by atoms with Crippen LogP contribution in [-0.2, 0) is 65.4 Å². The molecular formula is C70H136O17P2. The lowest BCUT2D eigenvalue weighted by Gasteiger charge is -2.21. The number of carbonyl (C=O) groups excluding carboxylic acids is 4. The monoisotopic (exact) mass is 1310 g/mol. The highest BCUT2D eigenvalue weighted by Crippen LogP contribution is 2.45. The van der Waals surface area contributed by atoms with Gasteiger partial charge in [-0.2, -0.15) is 0 Å². The molecule has 0 aliphatic rings. The molecule has 0 heterocycles. The minimum atomic E-state index is -4.95. The van der Waals surface area contributed by atoms with Crippen molar-refractivity contribution in [3.05, 3.63) is 0 Å². The molecule has 89 heavy (non-hydrogen) atoms. The van der Waals surface area contributed by atoms with Crippen LogP contribution in [0.5, 0.6) is 0 Å². The quantitative estimate of drug-likeness (QED) is 0.0222. The number of ether oxygens (including phenoxy) is 4. The van der Waals surface area contributed by atoms with Gasteiger partial charge in [-0.25, -0.2) is 9.13 Å². The molecule has 0 aromatic carbocycles. The second-order valence-corrected chi connectivity index (χ2v) is 29.6. The fourth-order valence-electron chi connectivity index (χ4n) is 10.4. The van der Waals surface area contributed by atoms with Gasteiger partial charge in [-0.3, -0.25) is 37.3 Å². The number of aliphatic hydroxyl groups excluding tert-OH is 1. The smallest absolute Gasteiger partial charge is 0.462 e. The van der Waals surface area contributed by atoms with Crippen LogP contribution in [0.15, 0.2) is 0 Å². The van der Waals surface area contributed by atoms with Crippen LogP contribution in [-0.4, -0.2) is 96.7 Å². The Labute approximate surface area is 543 Å². The molecule has 4 unspecified atom stereocenters. The van der Waals surface area contributed by atoms with Gasteiger partial charge >= 0.3 is 39.5 Å². The highest BCUT2D eigenvalue weighted by Gasteiger charge is 2.30. The molecule has 0 aliphatic heterocycles. The van der Waals surface area contributed by atoms with E-state index in [2.05, 4.69) is 55.4 Å². The van der Waals surface area contributed by atoms with E-state index in [1.807, 2.05) is 0 Å². The molecule has 0 aliphatic carbocycles. The van der Waals surface area contributed by atoms with Gasteiger partial charge in [0.2, 0.25) is 0 Å². The molecule has 0 aromatic heterocycles. The molecule has 0 fully saturated rings.